The molecule has 1 spiro atoms. The first-order chi connectivity index (χ1) is 11.9. The molecule has 1 N–H and O–H groups in total. The number of fused-ring (bicyclic) bond motifs is 2. The van der Waals surface area contributed by atoms with Crippen LogP contribution in [0.4, 0.5) is 5.95 Å². The third-order valence-corrected chi connectivity index (χ3v) is 7.24. The second kappa shape index (κ2) is 6.15. The summed E-state index contributed by atoms with van der Waals surface area (Å²) in [6, 6.07) is 0. The van der Waals surface area contributed by atoms with Gasteiger partial charge in [-0.2, -0.15) is 17.0 Å². The highest BCUT2D eigenvalue weighted by atomic mass is 32.2. The summed E-state index contributed by atoms with van der Waals surface area (Å²) in [7, 11) is -0.299. The maximum atomic E-state index is 12.5. The Morgan fingerprint density at radius 1 is 1.44 bits per heavy atom. The van der Waals surface area contributed by atoms with E-state index >= 15 is 0 Å². The first-order valence-electron chi connectivity index (χ1n) is 8.76. The molecule has 0 bridgehead atoms. The average molecular weight is 367 g/mol. The summed E-state index contributed by atoms with van der Waals surface area (Å²) in [6.45, 7) is 2.78. The zero-order valence-electron chi connectivity index (χ0n) is 14.7. The summed E-state index contributed by atoms with van der Waals surface area (Å²) >= 11 is 0. The quantitative estimate of drug-likeness (QED) is 0.819. The fourth-order valence-corrected chi connectivity index (χ4v) is 4.81. The van der Waals surface area contributed by atoms with Gasteiger partial charge in [0.25, 0.3) is 10.2 Å². The Kier molecular flexibility index (Phi) is 4.22. The molecule has 3 heterocycles. The molecule has 3 aliphatic rings. The topological polar surface area (TPSA) is 87.7 Å². The molecule has 9 heteroatoms. The Labute approximate surface area is 148 Å². The number of hydrogen-bond acceptors (Lipinski definition) is 6. The van der Waals surface area contributed by atoms with Gasteiger partial charge in [0.1, 0.15) is 0 Å². The van der Waals surface area contributed by atoms with Crippen molar-refractivity contribution in [2.24, 2.45) is 5.92 Å². The van der Waals surface area contributed by atoms with Crippen LogP contribution in [0.15, 0.2) is 6.20 Å². The normalized spacial score (nSPS) is 27.0. The molecule has 4 rings (SSSR count). The summed E-state index contributed by atoms with van der Waals surface area (Å²) in [5.74, 6) is 1.38. The van der Waals surface area contributed by atoms with Crippen LogP contribution in [0.2, 0.25) is 0 Å². The molecule has 25 heavy (non-hydrogen) atoms. The maximum Gasteiger partial charge on any atom is 0.281 e. The SMILES string of the molecule is CN(C)S(=O)(=O)N1CC[C@@]2(COCc3cnc(NCC4CC4)nc32)C1. The zero-order chi connectivity index (χ0) is 17.7. The van der Waals surface area contributed by atoms with E-state index in [4.69, 9.17) is 9.72 Å². The van der Waals surface area contributed by atoms with Gasteiger partial charge in [0, 0.05) is 45.5 Å². The van der Waals surface area contributed by atoms with Crippen molar-refractivity contribution in [3.8, 4) is 0 Å². The van der Waals surface area contributed by atoms with Crippen molar-refractivity contribution in [2.75, 3.05) is 45.7 Å². The molecule has 0 radical (unpaired) electrons. The van der Waals surface area contributed by atoms with Crippen LogP contribution in [0.3, 0.4) is 0 Å². The number of nitrogens with one attached hydrogen (secondary N) is 1. The Bertz CT molecular complexity index is 765. The lowest BCUT2D eigenvalue weighted by Crippen LogP contribution is -2.44. The second-order valence-corrected chi connectivity index (χ2v) is 9.68. The number of rotatable bonds is 5. The first-order valence-corrected chi connectivity index (χ1v) is 10.2. The average Bonchev–Trinajstić information content (AvgIpc) is 3.32. The van der Waals surface area contributed by atoms with Gasteiger partial charge in [-0.05, 0) is 25.2 Å². The Morgan fingerprint density at radius 3 is 2.96 bits per heavy atom. The van der Waals surface area contributed by atoms with Crippen molar-refractivity contribution in [1.82, 2.24) is 18.6 Å². The minimum absolute atomic E-state index is 0.379. The molecular formula is C16H25N5O3S. The zero-order valence-corrected chi connectivity index (χ0v) is 15.5. The minimum Gasteiger partial charge on any atom is -0.376 e. The smallest absolute Gasteiger partial charge is 0.281 e. The summed E-state index contributed by atoms with van der Waals surface area (Å²) in [5.41, 5.74) is 1.53. The van der Waals surface area contributed by atoms with Gasteiger partial charge in [0.2, 0.25) is 5.95 Å². The number of ether oxygens (including phenoxy) is 1. The summed E-state index contributed by atoms with van der Waals surface area (Å²) in [4.78, 5) is 9.17. The highest BCUT2D eigenvalue weighted by Crippen LogP contribution is 2.40. The van der Waals surface area contributed by atoms with E-state index in [-0.39, 0.29) is 5.41 Å². The van der Waals surface area contributed by atoms with Crippen molar-refractivity contribution in [2.45, 2.75) is 31.3 Å². The van der Waals surface area contributed by atoms with Gasteiger partial charge in [0.05, 0.1) is 24.3 Å². The third-order valence-electron chi connectivity index (χ3n) is 5.36. The second-order valence-electron chi connectivity index (χ2n) is 7.54. The van der Waals surface area contributed by atoms with Gasteiger partial charge in [-0.1, -0.05) is 0 Å². The Morgan fingerprint density at radius 2 is 2.24 bits per heavy atom. The van der Waals surface area contributed by atoms with Crippen LogP contribution in [-0.4, -0.2) is 67.3 Å². The fraction of sp³-hybridized carbons (Fsp3) is 0.750. The maximum absolute atomic E-state index is 12.5. The van der Waals surface area contributed by atoms with E-state index in [1.54, 1.807) is 14.1 Å². The van der Waals surface area contributed by atoms with Crippen LogP contribution < -0.4 is 5.32 Å². The standard InChI is InChI=1S/C16H25N5O3S/c1-20(2)25(22,23)21-6-5-16(10-21)11-24-9-13-8-18-15(19-14(13)16)17-7-12-3-4-12/h8,12H,3-7,9-11H2,1-2H3,(H,17,18,19)/t16-/m0/s1. The van der Waals surface area contributed by atoms with E-state index in [2.05, 4.69) is 10.3 Å². The van der Waals surface area contributed by atoms with Crippen LogP contribution >= 0.6 is 0 Å². The fourth-order valence-electron chi connectivity index (χ4n) is 3.61. The highest BCUT2D eigenvalue weighted by Gasteiger charge is 2.48. The molecule has 8 nitrogen and oxygen atoms in total. The molecule has 0 amide bonds. The monoisotopic (exact) mass is 367 g/mol. The van der Waals surface area contributed by atoms with E-state index in [1.807, 2.05) is 6.20 Å². The summed E-state index contributed by atoms with van der Waals surface area (Å²) < 4.78 is 33.5. The molecule has 2 aliphatic heterocycles. The molecule has 2 fully saturated rings. The van der Waals surface area contributed by atoms with Crippen molar-refractivity contribution >= 4 is 16.2 Å². The summed E-state index contributed by atoms with van der Waals surface area (Å²) in [5, 5.41) is 3.32. The predicted molar refractivity (Wildman–Crippen MR) is 93.4 cm³/mol. The van der Waals surface area contributed by atoms with Crippen LogP contribution in [0, 0.1) is 5.92 Å². The van der Waals surface area contributed by atoms with Crippen molar-refractivity contribution in [1.29, 1.82) is 0 Å². The third kappa shape index (κ3) is 3.14. The minimum atomic E-state index is -3.43. The molecule has 1 aliphatic carbocycles. The molecular weight excluding hydrogens is 342 g/mol. The van der Waals surface area contributed by atoms with Gasteiger partial charge in [-0.15, -0.1) is 0 Å². The molecule has 1 atom stereocenters. The number of anilines is 1. The van der Waals surface area contributed by atoms with Crippen LogP contribution in [0.5, 0.6) is 0 Å². The van der Waals surface area contributed by atoms with E-state index in [9.17, 15) is 8.42 Å². The molecule has 1 aromatic rings. The van der Waals surface area contributed by atoms with Gasteiger partial charge < -0.3 is 10.1 Å². The lowest BCUT2D eigenvalue weighted by molar-refractivity contribution is 0.0531. The number of hydrogen-bond donors (Lipinski definition) is 1. The van der Waals surface area contributed by atoms with E-state index in [0.29, 0.717) is 38.7 Å². The van der Waals surface area contributed by atoms with Crippen LogP contribution in [-0.2, 0) is 27.0 Å². The molecule has 138 valence electrons. The van der Waals surface area contributed by atoms with Gasteiger partial charge in [0.15, 0.2) is 0 Å². The van der Waals surface area contributed by atoms with Gasteiger partial charge >= 0.3 is 0 Å². The predicted octanol–water partition coefficient (Wildman–Crippen LogP) is 0.579. The molecule has 0 aromatic carbocycles. The molecule has 1 saturated carbocycles. The Hall–Kier alpha value is -1.29. The lowest BCUT2D eigenvalue weighted by atomic mass is 9.81. The Balaban J connectivity index is 1.61. The largest absolute Gasteiger partial charge is 0.376 e. The van der Waals surface area contributed by atoms with E-state index in [1.165, 1.54) is 21.5 Å². The van der Waals surface area contributed by atoms with E-state index in [0.717, 1.165) is 23.7 Å². The first kappa shape index (κ1) is 17.1. The van der Waals surface area contributed by atoms with Gasteiger partial charge in [-0.25, -0.2) is 9.97 Å². The molecule has 0 unspecified atom stereocenters. The summed E-state index contributed by atoms with van der Waals surface area (Å²) in [6.07, 6.45) is 5.08. The van der Waals surface area contributed by atoms with Crippen molar-refractivity contribution in [3.63, 3.8) is 0 Å². The van der Waals surface area contributed by atoms with Crippen molar-refractivity contribution < 1.29 is 13.2 Å². The lowest BCUT2D eigenvalue weighted by Gasteiger charge is -2.34. The highest BCUT2D eigenvalue weighted by molar-refractivity contribution is 7.86. The molecule has 1 aromatic heterocycles. The van der Waals surface area contributed by atoms with Gasteiger partial charge in [-0.3, -0.25) is 0 Å². The van der Waals surface area contributed by atoms with Crippen LogP contribution in [0.25, 0.3) is 0 Å². The molecule has 1 saturated heterocycles. The number of aromatic nitrogens is 2. The number of nitrogens with zero attached hydrogens (tertiary/aromatic N) is 4. The van der Waals surface area contributed by atoms with Crippen molar-refractivity contribution in [3.05, 3.63) is 17.5 Å². The van der Waals surface area contributed by atoms with E-state index < -0.39 is 10.2 Å². The van der Waals surface area contributed by atoms with Crippen LogP contribution in [0.1, 0.15) is 30.5 Å².